The van der Waals surface area contributed by atoms with Gasteiger partial charge in [0, 0.05) is 18.0 Å². The van der Waals surface area contributed by atoms with Crippen LogP contribution in [-0.4, -0.2) is 51.5 Å². The smallest absolute Gasteiger partial charge is 0.255 e. The molecule has 0 atom stereocenters. The molecule has 1 aromatic carbocycles. The van der Waals surface area contributed by atoms with Crippen LogP contribution in [0.2, 0.25) is 0 Å². The van der Waals surface area contributed by atoms with Gasteiger partial charge in [-0.25, -0.2) is 8.42 Å². The van der Waals surface area contributed by atoms with E-state index in [1.165, 1.54) is 15.6 Å². The highest BCUT2D eigenvalue weighted by atomic mass is 32.2. The molecule has 3 rings (SSSR count). The number of carbonyl (C=O) groups excluding carboxylic acids is 1. The van der Waals surface area contributed by atoms with Gasteiger partial charge in [-0.3, -0.25) is 4.79 Å². The minimum Gasteiger partial charge on any atom is -0.493 e. The molecule has 0 saturated carbocycles. The van der Waals surface area contributed by atoms with Gasteiger partial charge in [-0.1, -0.05) is 12.1 Å². The van der Waals surface area contributed by atoms with Crippen LogP contribution in [0, 0.1) is 0 Å². The summed E-state index contributed by atoms with van der Waals surface area (Å²) < 4.78 is 37.7. The molecule has 146 valence electrons. The summed E-state index contributed by atoms with van der Waals surface area (Å²) in [5.41, 5.74) is 0.456. The molecule has 0 aliphatic carbocycles. The van der Waals surface area contributed by atoms with E-state index in [1.54, 1.807) is 30.3 Å². The Labute approximate surface area is 163 Å². The van der Waals surface area contributed by atoms with E-state index >= 15 is 0 Å². The van der Waals surface area contributed by atoms with E-state index in [0.717, 1.165) is 4.88 Å². The number of ether oxygens (including phenoxy) is 2. The summed E-state index contributed by atoms with van der Waals surface area (Å²) >= 11 is 1.17. The zero-order chi connectivity index (χ0) is 19.3. The fraction of sp³-hybridized carbons (Fsp3) is 0.389. The molecule has 2 heterocycles. The van der Waals surface area contributed by atoms with Gasteiger partial charge < -0.3 is 14.8 Å². The number of nitrogens with one attached hydrogen (secondary N) is 1. The Hall–Kier alpha value is -1.94. The van der Waals surface area contributed by atoms with Gasteiger partial charge in [-0.15, -0.1) is 11.3 Å². The van der Waals surface area contributed by atoms with Crippen molar-refractivity contribution in [1.82, 2.24) is 9.62 Å². The number of hydrogen-bond acceptors (Lipinski definition) is 6. The van der Waals surface area contributed by atoms with Crippen LogP contribution in [0.4, 0.5) is 0 Å². The maximum atomic E-state index is 12.7. The van der Waals surface area contributed by atoms with Gasteiger partial charge >= 0.3 is 0 Å². The number of rotatable bonds is 7. The molecule has 9 heteroatoms. The molecule has 1 amide bonds. The summed E-state index contributed by atoms with van der Waals surface area (Å²) in [5.74, 6) is 0.268. The lowest BCUT2D eigenvalue weighted by Gasteiger charge is -2.25. The van der Waals surface area contributed by atoms with E-state index in [9.17, 15) is 13.2 Å². The van der Waals surface area contributed by atoms with Crippen LogP contribution < -0.4 is 10.1 Å². The molecular formula is C18H22N2O5S2. The van der Waals surface area contributed by atoms with Crippen LogP contribution in [0.25, 0.3) is 0 Å². The zero-order valence-corrected chi connectivity index (χ0v) is 16.6. The van der Waals surface area contributed by atoms with Crippen LogP contribution in [0.3, 0.4) is 0 Å². The van der Waals surface area contributed by atoms with Crippen molar-refractivity contribution in [3.63, 3.8) is 0 Å². The van der Waals surface area contributed by atoms with E-state index in [1.807, 2.05) is 13.0 Å². The Morgan fingerprint density at radius 2 is 1.96 bits per heavy atom. The number of sulfonamides is 1. The third-order valence-electron chi connectivity index (χ3n) is 4.06. The van der Waals surface area contributed by atoms with Gasteiger partial charge in [-0.2, -0.15) is 4.31 Å². The first-order chi connectivity index (χ1) is 13.0. The summed E-state index contributed by atoms with van der Waals surface area (Å²) in [6, 6.07) is 10.3. The quantitative estimate of drug-likeness (QED) is 0.756. The second kappa shape index (κ2) is 8.83. The Morgan fingerprint density at radius 3 is 2.70 bits per heavy atom. The third kappa shape index (κ3) is 4.67. The molecule has 0 bridgehead atoms. The van der Waals surface area contributed by atoms with Crippen LogP contribution in [0.15, 0.2) is 40.6 Å². The average molecular weight is 411 g/mol. The van der Waals surface area contributed by atoms with E-state index in [0.29, 0.717) is 44.2 Å². The van der Waals surface area contributed by atoms with Crippen molar-refractivity contribution in [3.8, 4) is 5.75 Å². The lowest BCUT2D eigenvalue weighted by Crippen LogP contribution is -2.40. The molecule has 1 saturated heterocycles. The van der Waals surface area contributed by atoms with Gasteiger partial charge in [-0.05, 0) is 31.2 Å². The molecule has 7 nitrogen and oxygen atoms in total. The Bertz CT molecular complexity index is 889. The second-order valence-electron chi connectivity index (χ2n) is 5.85. The third-order valence-corrected chi connectivity index (χ3v) is 7.51. The SMILES string of the molecule is CCOc1ccccc1C(=O)NCc1ccc(S(=O)(=O)N2CCOCC2)s1. The summed E-state index contributed by atoms with van der Waals surface area (Å²) in [5, 5.41) is 2.82. The summed E-state index contributed by atoms with van der Waals surface area (Å²) in [7, 11) is -3.51. The fourth-order valence-electron chi connectivity index (χ4n) is 2.70. The largest absolute Gasteiger partial charge is 0.493 e. The molecule has 1 N–H and O–H groups in total. The van der Waals surface area contributed by atoms with Crippen molar-refractivity contribution in [2.45, 2.75) is 17.7 Å². The molecule has 1 aliphatic rings. The van der Waals surface area contributed by atoms with Crippen LogP contribution in [0.5, 0.6) is 5.75 Å². The van der Waals surface area contributed by atoms with E-state index in [2.05, 4.69) is 5.32 Å². The highest BCUT2D eigenvalue weighted by molar-refractivity contribution is 7.91. The van der Waals surface area contributed by atoms with Crippen LogP contribution in [0.1, 0.15) is 22.2 Å². The average Bonchev–Trinajstić information content (AvgIpc) is 3.17. The van der Waals surface area contributed by atoms with Gasteiger partial charge in [0.25, 0.3) is 15.9 Å². The number of nitrogens with zero attached hydrogens (tertiary/aromatic N) is 1. The van der Waals surface area contributed by atoms with Crippen molar-refractivity contribution >= 4 is 27.3 Å². The van der Waals surface area contributed by atoms with Crippen molar-refractivity contribution in [1.29, 1.82) is 0 Å². The minimum atomic E-state index is -3.51. The zero-order valence-electron chi connectivity index (χ0n) is 15.0. The fourth-order valence-corrected chi connectivity index (χ4v) is 5.56. The number of thiophene rings is 1. The lowest BCUT2D eigenvalue weighted by molar-refractivity contribution is 0.0731. The molecule has 0 radical (unpaired) electrons. The summed E-state index contributed by atoms with van der Waals surface area (Å²) in [4.78, 5) is 13.2. The van der Waals surface area contributed by atoms with Crippen LogP contribution in [-0.2, 0) is 21.3 Å². The van der Waals surface area contributed by atoms with Gasteiger partial charge in [0.2, 0.25) is 0 Å². The highest BCUT2D eigenvalue weighted by Gasteiger charge is 2.27. The first kappa shape index (κ1) is 19.8. The minimum absolute atomic E-state index is 0.253. The molecule has 2 aromatic rings. The maximum absolute atomic E-state index is 12.7. The maximum Gasteiger partial charge on any atom is 0.255 e. The van der Waals surface area contributed by atoms with E-state index < -0.39 is 10.0 Å². The molecule has 0 spiro atoms. The van der Waals surface area contributed by atoms with Crippen molar-refractivity contribution in [2.75, 3.05) is 32.9 Å². The first-order valence-corrected chi connectivity index (χ1v) is 10.9. The van der Waals surface area contributed by atoms with Crippen LogP contribution >= 0.6 is 11.3 Å². The normalized spacial score (nSPS) is 15.4. The molecule has 1 fully saturated rings. The van der Waals surface area contributed by atoms with E-state index in [4.69, 9.17) is 9.47 Å². The van der Waals surface area contributed by atoms with Crippen molar-refractivity contribution in [3.05, 3.63) is 46.8 Å². The second-order valence-corrected chi connectivity index (χ2v) is 9.18. The molecular weight excluding hydrogens is 388 g/mol. The van der Waals surface area contributed by atoms with Gasteiger partial charge in [0.1, 0.15) is 9.96 Å². The Kier molecular flexibility index (Phi) is 6.48. The molecule has 1 aromatic heterocycles. The Morgan fingerprint density at radius 1 is 1.22 bits per heavy atom. The predicted octanol–water partition coefficient (Wildman–Crippen LogP) is 2.10. The monoisotopic (exact) mass is 410 g/mol. The number of carbonyl (C=O) groups is 1. The Balaban J connectivity index is 1.65. The molecule has 27 heavy (non-hydrogen) atoms. The molecule has 0 unspecified atom stereocenters. The predicted molar refractivity (Wildman–Crippen MR) is 103 cm³/mol. The lowest BCUT2D eigenvalue weighted by atomic mass is 10.2. The highest BCUT2D eigenvalue weighted by Crippen LogP contribution is 2.26. The number of hydrogen-bond donors (Lipinski definition) is 1. The van der Waals surface area contributed by atoms with Gasteiger partial charge in [0.15, 0.2) is 0 Å². The topological polar surface area (TPSA) is 84.9 Å². The summed E-state index contributed by atoms with van der Waals surface area (Å²) in [6.07, 6.45) is 0. The van der Waals surface area contributed by atoms with Gasteiger partial charge in [0.05, 0.1) is 31.9 Å². The van der Waals surface area contributed by atoms with E-state index in [-0.39, 0.29) is 16.7 Å². The standard InChI is InChI=1S/C18H22N2O5S2/c1-2-25-16-6-4-3-5-15(16)18(21)19-13-14-7-8-17(26-14)27(22,23)20-9-11-24-12-10-20/h3-8H,2,9-13H2,1H3,(H,19,21). The first-order valence-electron chi connectivity index (χ1n) is 8.69. The number of para-hydroxylation sites is 1. The number of benzene rings is 1. The number of amides is 1. The van der Waals surface area contributed by atoms with Crippen molar-refractivity contribution in [2.24, 2.45) is 0 Å². The molecule has 1 aliphatic heterocycles. The van der Waals surface area contributed by atoms with Crippen molar-refractivity contribution < 1.29 is 22.7 Å². The summed E-state index contributed by atoms with van der Waals surface area (Å²) in [6.45, 7) is 4.12. The number of morpholine rings is 1.